The number of phenolic OH excluding ortho intramolecular Hbond substituents is 1. The maximum absolute atomic E-state index is 12.2. The van der Waals surface area contributed by atoms with Crippen LogP contribution in [0.5, 0.6) is 5.75 Å². The SMILES string of the molecule is CCOC(=O)c1cnc2ccccc2c1Nc1cccc(O)c1. The maximum atomic E-state index is 12.2. The second kappa shape index (κ2) is 6.36. The summed E-state index contributed by atoms with van der Waals surface area (Å²) in [4.78, 5) is 16.5. The fourth-order valence-electron chi connectivity index (χ4n) is 2.37. The van der Waals surface area contributed by atoms with Crippen LogP contribution in [0.15, 0.2) is 54.7 Å². The number of anilines is 2. The molecule has 3 rings (SSSR count). The normalized spacial score (nSPS) is 10.5. The van der Waals surface area contributed by atoms with E-state index < -0.39 is 5.97 Å². The lowest BCUT2D eigenvalue weighted by molar-refractivity contribution is 0.0527. The zero-order valence-electron chi connectivity index (χ0n) is 12.6. The van der Waals surface area contributed by atoms with Gasteiger partial charge in [0.1, 0.15) is 11.3 Å². The monoisotopic (exact) mass is 308 g/mol. The van der Waals surface area contributed by atoms with Crippen LogP contribution in [0.25, 0.3) is 10.9 Å². The predicted molar refractivity (Wildman–Crippen MR) is 89.1 cm³/mol. The number of benzene rings is 2. The summed E-state index contributed by atoms with van der Waals surface area (Å²) in [6.45, 7) is 2.05. The quantitative estimate of drug-likeness (QED) is 0.716. The predicted octanol–water partition coefficient (Wildman–Crippen LogP) is 3.86. The highest BCUT2D eigenvalue weighted by molar-refractivity contribution is 6.06. The number of carbonyl (C=O) groups is 1. The second-order valence-corrected chi connectivity index (χ2v) is 4.96. The maximum Gasteiger partial charge on any atom is 0.341 e. The van der Waals surface area contributed by atoms with Crippen molar-refractivity contribution in [3.63, 3.8) is 0 Å². The van der Waals surface area contributed by atoms with Gasteiger partial charge in [-0.2, -0.15) is 0 Å². The van der Waals surface area contributed by atoms with Crippen LogP contribution >= 0.6 is 0 Å². The topological polar surface area (TPSA) is 71.5 Å². The van der Waals surface area contributed by atoms with Crippen molar-refractivity contribution in [2.45, 2.75) is 6.92 Å². The number of para-hydroxylation sites is 1. The molecule has 0 atom stereocenters. The Morgan fingerprint density at radius 2 is 2.04 bits per heavy atom. The lowest BCUT2D eigenvalue weighted by Crippen LogP contribution is -2.09. The molecule has 0 unspecified atom stereocenters. The number of pyridine rings is 1. The molecule has 116 valence electrons. The van der Waals surface area contributed by atoms with E-state index in [2.05, 4.69) is 10.3 Å². The average Bonchev–Trinajstić information content (AvgIpc) is 2.55. The van der Waals surface area contributed by atoms with Crippen molar-refractivity contribution in [1.29, 1.82) is 0 Å². The number of aromatic nitrogens is 1. The van der Waals surface area contributed by atoms with Gasteiger partial charge < -0.3 is 15.2 Å². The number of hydrogen-bond donors (Lipinski definition) is 2. The van der Waals surface area contributed by atoms with E-state index in [9.17, 15) is 9.90 Å². The summed E-state index contributed by atoms with van der Waals surface area (Å²) in [5.74, 6) is -0.292. The summed E-state index contributed by atoms with van der Waals surface area (Å²) >= 11 is 0. The van der Waals surface area contributed by atoms with Crippen LogP contribution < -0.4 is 5.32 Å². The molecule has 1 heterocycles. The first kappa shape index (κ1) is 14.8. The number of phenols is 1. The first-order valence-electron chi connectivity index (χ1n) is 7.30. The van der Waals surface area contributed by atoms with Crippen LogP contribution in [0.1, 0.15) is 17.3 Å². The zero-order valence-corrected chi connectivity index (χ0v) is 12.6. The van der Waals surface area contributed by atoms with Gasteiger partial charge in [0.15, 0.2) is 0 Å². The van der Waals surface area contributed by atoms with Gasteiger partial charge in [-0.1, -0.05) is 24.3 Å². The van der Waals surface area contributed by atoms with Crippen molar-refractivity contribution >= 4 is 28.2 Å². The van der Waals surface area contributed by atoms with E-state index in [0.29, 0.717) is 16.9 Å². The Morgan fingerprint density at radius 1 is 1.22 bits per heavy atom. The van der Waals surface area contributed by atoms with Gasteiger partial charge in [0.2, 0.25) is 0 Å². The summed E-state index contributed by atoms with van der Waals surface area (Å²) in [6.07, 6.45) is 1.51. The fourth-order valence-corrected chi connectivity index (χ4v) is 2.37. The van der Waals surface area contributed by atoms with Gasteiger partial charge >= 0.3 is 5.97 Å². The van der Waals surface area contributed by atoms with Gasteiger partial charge in [-0.15, -0.1) is 0 Å². The Kier molecular flexibility index (Phi) is 4.10. The molecule has 5 nitrogen and oxygen atoms in total. The largest absolute Gasteiger partial charge is 0.508 e. The molecule has 0 amide bonds. The van der Waals surface area contributed by atoms with Crippen molar-refractivity contribution in [3.8, 4) is 5.75 Å². The molecule has 0 saturated heterocycles. The fraction of sp³-hybridized carbons (Fsp3) is 0.111. The van der Waals surface area contributed by atoms with Gasteiger partial charge in [-0.05, 0) is 25.1 Å². The number of rotatable bonds is 4. The molecular formula is C18H16N2O3. The first-order valence-corrected chi connectivity index (χ1v) is 7.30. The van der Waals surface area contributed by atoms with Gasteiger partial charge in [-0.25, -0.2) is 4.79 Å². The molecule has 3 aromatic rings. The van der Waals surface area contributed by atoms with E-state index in [1.165, 1.54) is 6.20 Å². The van der Waals surface area contributed by atoms with Gasteiger partial charge in [-0.3, -0.25) is 4.98 Å². The summed E-state index contributed by atoms with van der Waals surface area (Å²) in [7, 11) is 0. The third-order valence-corrected chi connectivity index (χ3v) is 3.39. The summed E-state index contributed by atoms with van der Waals surface area (Å²) in [6, 6.07) is 14.2. The molecule has 1 aromatic heterocycles. The highest BCUT2D eigenvalue weighted by Crippen LogP contribution is 2.30. The van der Waals surface area contributed by atoms with Crippen molar-refractivity contribution in [2.24, 2.45) is 0 Å². The van der Waals surface area contributed by atoms with E-state index in [4.69, 9.17) is 4.74 Å². The number of esters is 1. The van der Waals surface area contributed by atoms with Crippen LogP contribution in [0, 0.1) is 0 Å². The van der Waals surface area contributed by atoms with E-state index in [1.807, 2.05) is 30.3 Å². The summed E-state index contributed by atoms with van der Waals surface area (Å²) in [5.41, 5.74) is 2.41. The zero-order chi connectivity index (χ0) is 16.2. The number of hydrogen-bond acceptors (Lipinski definition) is 5. The number of ether oxygens (including phenoxy) is 1. The number of nitrogens with one attached hydrogen (secondary N) is 1. The molecule has 5 heteroatoms. The van der Waals surface area contributed by atoms with Crippen LogP contribution in [0.4, 0.5) is 11.4 Å². The van der Waals surface area contributed by atoms with Crippen molar-refractivity contribution in [2.75, 3.05) is 11.9 Å². The highest BCUT2D eigenvalue weighted by atomic mass is 16.5. The lowest BCUT2D eigenvalue weighted by atomic mass is 10.1. The molecule has 2 N–H and O–H groups in total. The Labute approximate surface area is 133 Å². The number of nitrogens with zero attached hydrogens (tertiary/aromatic N) is 1. The molecule has 23 heavy (non-hydrogen) atoms. The molecule has 0 aliphatic rings. The molecule has 0 fully saturated rings. The summed E-state index contributed by atoms with van der Waals surface area (Å²) in [5, 5.41) is 13.6. The molecule has 0 aliphatic heterocycles. The van der Waals surface area contributed by atoms with E-state index in [0.717, 1.165) is 10.9 Å². The van der Waals surface area contributed by atoms with Crippen molar-refractivity contribution in [3.05, 3.63) is 60.3 Å². The van der Waals surface area contributed by atoms with Crippen LogP contribution in [0.3, 0.4) is 0 Å². The smallest absolute Gasteiger partial charge is 0.341 e. The molecule has 0 spiro atoms. The minimum absolute atomic E-state index is 0.144. The lowest BCUT2D eigenvalue weighted by Gasteiger charge is -2.14. The Morgan fingerprint density at radius 3 is 2.83 bits per heavy atom. The number of aromatic hydroxyl groups is 1. The third-order valence-electron chi connectivity index (χ3n) is 3.39. The highest BCUT2D eigenvalue weighted by Gasteiger charge is 2.16. The minimum atomic E-state index is -0.437. The van der Waals surface area contributed by atoms with E-state index >= 15 is 0 Å². The van der Waals surface area contributed by atoms with Crippen molar-refractivity contribution in [1.82, 2.24) is 4.98 Å². The average molecular weight is 308 g/mol. The molecular weight excluding hydrogens is 292 g/mol. The van der Waals surface area contributed by atoms with Gasteiger partial charge in [0.25, 0.3) is 0 Å². The van der Waals surface area contributed by atoms with E-state index in [-0.39, 0.29) is 12.4 Å². The molecule has 0 aliphatic carbocycles. The summed E-state index contributed by atoms with van der Waals surface area (Å²) < 4.78 is 5.11. The van der Waals surface area contributed by atoms with E-state index in [1.54, 1.807) is 25.1 Å². The molecule has 0 saturated carbocycles. The molecule has 0 bridgehead atoms. The Hall–Kier alpha value is -3.08. The first-order chi connectivity index (χ1) is 11.2. The molecule has 2 aromatic carbocycles. The minimum Gasteiger partial charge on any atom is -0.508 e. The van der Waals surface area contributed by atoms with Crippen LogP contribution in [-0.4, -0.2) is 22.7 Å². The molecule has 0 radical (unpaired) electrons. The third kappa shape index (κ3) is 3.08. The van der Waals surface area contributed by atoms with Gasteiger partial charge in [0, 0.05) is 23.3 Å². The number of fused-ring (bicyclic) bond motifs is 1. The van der Waals surface area contributed by atoms with Gasteiger partial charge in [0.05, 0.1) is 17.8 Å². The van der Waals surface area contributed by atoms with Crippen LogP contribution in [0.2, 0.25) is 0 Å². The second-order valence-electron chi connectivity index (χ2n) is 4.96. The standard InChI is InChI=1S/C18H16N2O3/c1-2-23-18(22)15-11-19-16-9-4-3-8-14(16)17(15)20-12-6-5-7-13(21)10-12/h3-11,21H,2H2,1H3,(H,19,20). The Bertz CT molecular complexity index is 862. The Balaban J connectivity index is 2.14. The van der Waals surface area contributed by atoms with Crippen molar-refractivity contribution < 1.29 is 14.6 Å². The number of carbonyl (C=O) groups excluding carboxylic acids is 1. The van der Waals surface area contributed by atoms with Crippen LogP contribution in [-0.2, 0) is 4.74 Å².